The lowest BCUT2D eigenvalue weighted by Gasteiger charge is -2.30. The van der Waals surface area contributed by atoms with E-state index in [0.717, 1.165) is 17.8 Å². The van der Waals surface area contributed by atoms with Crippen LogP contribution < -0.4 is 5.84 Å². The molecule has 0 atom stereocenters. The first kappa shape index (κ1) is 9.74. The molecule has 15 heavy (non-hydrogen) atoms. The Balaban J connectivity index is 2.52. The molecule has 1 aromatic rings. The lowest BCUT2D eigenvalue weighted by atomic mass is 9.94. The van der Waals surface area contributed by atoms with Crippen LogP contribution in [0.5, 0.6) is 0 Å². The second-order valence-electron chi connectivity index (χ2n) is 3.55. The highest BCUT2D eigenvalue weighted by atomic mass is 15.4. The van der Waals surface area contributed by atoms with Gasteiger partial charge in [0.1, 0.15) is 0 Å². The summed E-state index contributed by atoms with van der Waals surface area (Å²) < 4.78 is 0. The lowest BCUT2D eigenvalue weighted by Crippen LogP contribution is -2.33. The van der Waals surface area contributed by atoms with Gasteiger partial charge in [-0.1, -0.05) is 43.5 Å². The Kier molecular flexibility index (Phi) is 2.44. The Hall–Kier alpha value is -1.80. The van der Waals surface area contributed by atoms with Crippen molar-refractivity contribution in [2.75, 3.05) is 0 Å². The number of benzene rings is 1. The molecule has 0 radical (unpaired) electrons. The first-order chi connectivity index (χ1) is 7.24. The first-order valence-electron chi connectivity index (χ1n) is 4.86. The molecule has 2 heteroatoms. The molecule has 76 valence electrons. The molecular formula is C13H14N2. The molecule has 0 bridgehead atoms. The molecular weight excluding hydrogens is 184 g/mol. The molecule has 2 rings (SSSR count). The number of nitrogens with zero attached hydrogens (tertiary/aromatic N) is 1. The minimum Gasteiger partial charge on any atom is -0.306 e. The van der Waals surface area contributed by atoms with Gasteiger partial charge in [-0.2, -0.15) is 0 Å². The Morgan fingerprint density at radius 3 is 2.80 bits per heavy atom. The van der Waals surface area contributed by atoms with E-state index in [-0.39, 0.29) is 0 Å². The van der Waals surface area contributed by atoms with Crippen molar-refractivity contribution < 1.29 is 0 Å². The molecule has 1 aliphatic heterocycles. The fourth-order valence-electron chi connectivity index (χ4n) is 1.84. The zero-order chi connectivity index (χ0) is 10.8. The van der Waals surface area contributed by atoms with Gasteiger partial charge in [0.25, 0.3) is 0 Å². The highest BCUT2D eigenvalue weighted by molar-refractivity contribution is 5.80. The molecule has 0 saturated carbocycles. The predicted molar refractivity (Wildman–Crippen MR) is 63.5 cm³/mol. The average molecular weight is 198 g/mol. The lowest BCUT2D eigenvalue weighted by molar-refractivity contribution is 0.359. The third-order valence-corrected chi connectivity index (χ3v) is 2.58. The van der Waals surface area contributed by atoms with Crippen molar-refractivity contribution in [1.82, 2.24) is 5.01 Å². The van der Waals surface area contributed by atoms with E-state index in [9.17, 15) is 0 Å². The average Bonchev–Trinajstić information content (AvgIpc) is 2.24. The number of hydrogen-bond acceptors (Lipinski definition) is 2. The maximum absolute atomic E-state index is 5.93. The molecule has 0 saturated heterocycles. The first-order valence-corrected chi connectivity index (χ1v) is 4.86. The van der Waals surface area contributed by atoms with Gasteiger partial charge in [-0.05, 0) is 22.8 Å². The Morgan fingerprint density at radius 2 is 2.07 bits per heavy atom. The van der Waals surface area contributed by atoms with E-state index in [4.69, 9.17) is 5.84 Å². The van der Waals surface area contributed by atoms with E-state index < -0.39 is 0 Å². The van der Waals surface area contributed by atoms with Crippen molar-refractivity contribution in [3.8, 4) is 0 Å². The van der Waals surface area contributed by atoms with Gasteiger partial charge >= 0.3 is 0 Å². The molecule has 0 aromatic heterocycles. The van der Waals surface area contributed by atoms with Gasteiger partial charge < -0.3 is 5.01 Å². The smallest absolute Gasteiger partial charge is 0.0598 e. The number of rotatable bonds is 1. The van der Waals surface area contributed by atoms with E-state index in [2.05, 4.69) is 25.3 Å². The maximum Gasteiger partial charge on any atom is 0.0598 e. The summed E-state index contributed by atoms with van der Waals surface area (Å²) in [5.74, 6) is 5.93. The number of hydrazine groups is 1. The molecule has 2 N–H and O–H groups in total. The van der Waals surface area contributed by atoms with Crippen molar-refractivity contribution in [3.05, 3.63) is 66.4 Å². The molecule has 0 fully saturated rings. The second kappa shape index (κ2) is 3.75. The van der Waals surface area contributed by atoms with E-state index in [1.54, 1.807) is 11.1 Å². The van der Waals surface area contributed by atoms with Crippen LogP contribution in [0, 0.1) is 0 Å². The Labute approximate surface area is 90.0 Å². The summed E-state index contributed by atoms with van der Waals surface area (Å²) >= 11 is 0. The monoisotopic (exact) mass is 198 g/mol. The van der Waals surface area contributed by atoms with Gasteiger partial charge in [0.15, 0.2) is 0 Å². The van der Waals surface area contributed by atoms with Crippen LogP contribution in [-0.4, -0.2) is 5.01 Å². The van der Waals surface area contributed by atoms with Crippen molar-refractivity contribution in [2.24, 2.45) is 5.84 Å². The van der Waals surface area contributed by atoms with Gasteiger partial charge in [-0.25, -0.2) is 5.84 Å². The summed E-state index contributed by atoms with van der Waals surface area (Å²) in [6, 6.07) is 8.18. The normalized spacial score (nSPS) is 17.8. The Bertz CT molecular complexity index is 444. The second-order valence-corrected chi connectivity index (χ2v) is 3.55. The molecule has 0 spiro atoms. The summed E-state index contributed by atoms with van der Waals surface area (Å²) in [5, 5.41) is 1.70. The SMILES string of the molecule is C=C/C=C1\C(=C)c2ccccc2CN1N. The van der Waals surface area contributed by atoms with Crippen LogP contribution in [0.4, 0.5) is 0 Å². The quantitative estimate of drug-likeness (QED) is 0.702. The fourth-order valence-corrected chi connectivity index (χ4v) is 1.84. The highest BCUT2D eigenvalue weighted by Gasteiger charge is 2.19. The molecule has 2 nitrogen and oxygen atoms in total. The van der Waals surface area contributed by atoms with Gasteiger partial charge in [-0.15, -0.1) is 0 Å². The maximum atomic E-state index is 5.93. The topological polar surface area (TPSA) is 29.3 Å². The summed E-state index contributed by atoms with van der Waals surface area (Å²) in [7, 11) is 0. The van der Waals surface area contributed by atoms with Crippen LogP contribution >= 0.6 is 0 Å². The molecule has 1 aromatic carbocycles. The van der Waals surface area contributed by atoms with Gasteiger partial charge in [0, 0.05) is 0 Å². The van der Waals surface area contributed by atoms with Crippen molar-refractivity contribution in [1.29, 1.82) is 0 Å². The van der Waals surface area contributed by atoms with Crippen LogP contribution in [0.3, 0.4) is 0 Å². The van der Waals surface area contributed by atoms with Crippen LogP contribution in [-0.2, 0) is 6.54 Å². The Morgan fingerprint density at radius 1 is 1.33 bits per heavy atom. The van der Waals surface area contributed by atoms with E-state index in [1.807, 2.05) is 18.2 Å². The van der Waals surface area contributed by atoms with Crippen LogP contribution in [0.1, 0.15) is 11.1 Å². The van der Waals surface area contributed by atoms with Crippen LogP contribution in [0.25, 0.3) is 5.57 Å². The van der Waals surface area contributed by atoms with Crippen LogP contribution in [0.15, 0.2) is 55.3 Å². The molecule has 0 unspecified atom stereocenters. The van der Waals surface area contributed by atoms with Crippen molar-refractivity contribution in [3.63, 3.8) is 0 Å². The van der Waals surface area contributed by atoms with Gasteiger partial charge in [-0.3, -0.25) is 0 Å². The standard InChI is InChI=1S/C13H14N2/c1-3-6-13-10(2)12-8-5-4-7-11(12)9-15(13)14/h3-8H,1-2,9,14H2/b13-6+. The van der Waals surface area contributed by atoms with Crippen LogP contribution in [0.2, 0.25) is 0 Å². The largest absolute Gasteiger partial charge is 0.306 e. The molecule has 1 heterocycles. The number of allylic oxidation sites excluding steroid dienone is 3. The van der Waals surface area contributed by atoms with Gasteiger partial charge in [0.2, 0.25) is 0 Å². The van der Waals surface area contributed by atoms with E-state index in [0.29, 0.717) is 0 Å². The summed E-state index contributed by atoms with van der Waals surface area (Å²) in [6.07, 6.45) is 3.62. The minimum atomic E-state index is 0.717. The zero-order valence-electron chi connectivity index (χ0n) is 8.61. The molecule has 0 aliphatic carbocycles. The zero-order valence-corrected chi connectivity index (χ0v) is 8.61. The van der Waals surface area contributed by atoms with E-state index >= 15 is 0 Å². The summed E-state index contributed by atoms with van der Waals surface area (Å²) in [4.78, 5) is 0. The molecule has 0 amide bonds. The fraction of sp³-hybridized carbons (Fsp3) is 0.0769. The van der Waals surface area contributed by atoms with Gasteiger partial charge in [0.05, 0.1) is 12.2 Å². The number of nitrogens with two attached hydrogens (primary N) is 1. The summed E-state index contributed by atoms with van der Waals surface area (Å²) in [5.41, 5.74) is 4.28. The van der Waals surface area contributed by atoms with Crippen molar-refractivity contribution in [2.45, 2.75) is 6.54 Å². The number of hydrogen-bond donors (Lipinski definition) is 1. The molecule has 1 aliphatic rings. The third-order valence-electron chi connectivity index (χ3n) is 2.58. The predicted octanol–water partition coefficient (Wildman–Crippen LogP) is 2.46. The third kappa shape index (κ3) is 1.60. The minimum absolute atomic E-state index is 0.717. The highest BCUT2D eigenvalue weighted by Crippen LogP contribution is 2.31. The summed E-state index contributed by atoms with van der Waals surface area (Å²) in [6.45, 7) is 8.47. The number of fused-ring (bicyclic) bond motifs is 1. The van der Waals surface area contributed by atoms with E-state index in [1.165, 1.54) is 11.1 Å². The van der Waals surface area contributed by atoms with Crippen molar-refractivity contribution >= 4 is 5.57 Å².